The van der Waals surface area contributed by atoms with Crippen molar-refractivity contribution in [2.75, 3.05) is 25.0 Å². The molecule has 1 aromatic heterocycles. The van der Waals surface area contributed by atoms with Crippen molar-refractivity contribution in [2.45, 2.75) is 19.9 Å². The van der Waals surface area contributed by atoms with E-state index >= 15 is 0 Å². The van der Waals surface area contributed by atoms with Crippen LogP contribution in [0.5, 0.6) is 0 Å². The molecule has 0 radical (unpaired) electrons. The summed E-state index contributed by atoms with van der Waals surface area (Å²) >= 11 is 0. The number of anilines is 1. The maximum atomic E-state index is 8.58. The van der Waals surface area contributed by atoms with Gasteiger partial charge in [-0.2, -0.15) is 0 Å². The monoisotopic (exact) mass is 210 g/mol. The number of aliphatic hydroxyl groups excluding tert-OH is 1. The highest BCUT2D eigenvalue weighted by Crippen LogP contribution is 1.99. The molecule has 5 heteroatoms. The van der Waals surface area contributed by atoms with Gasteiger partial charge in [0.15, 0.2) is 0 Å². The number of nitrogens with zero attached hydrogens (tertiary/aromatic N) is 2. The molecule has 0 fully saturated rings. The summed E-state index contributed by atoms with van der Waals surface area (Å²) in [5.74, 6) is 0.669. The Morgan fingerprint density at radius 1 is 1.27 bits per heavy atom. The predicted molar refractivity (Wildman–Crippen MR) is 59.6 cm³/mol. The Balaban J connectivity index is 2.35. The van der Waals surface area contributed by atoms with Crippen molar-refractivity contribution >= 4 is 5.95 Å². The van der Waals surface area contributed by atoms with Gasteiger partial charge in [0.1, 0.15) is 0 Å². The number of nitrogens with one attached hydrogen (secondary N) is 2. The first-order valence-corrected chi connectivity index (χ1v) is 5.23. The summed E-state index contributed by atoms with van der Waals surface area (Å²) in [6, 6.07) is 0. The normalized spacial score (nSPS) is 10.3. The van der Waals surface area contributed by atoms with Gasteiger partial charge >= 0.3 is 0 Å². The summed E-state index contributed by atoms with van der Waals surface area (Å²) in [5.41, 5.74) is 1.02. The zero-order valence-corrected chi connectivity index (χ0v) is 9.03. The molecule has 0 atom stereocenters. The third kappa shape index (κ3) is 4.71. The summed E-state index contributed by atoms with van der Waals surface area (Å²) in [4.78, 5) is 8.34. The third-order valence-corrected chi connectivity index (χ3v) is 1.86. The summed E-state index contributed by atoms with van der Waals surface area (Å²) in [5, 5.41) is 14.8. The first-order chi connectivity index (χ1) is 7.36. The minimum atomic E-state index is 0.150. The lowest BCUT2D eigenvalue weighted by Crippen LogP contribution is -2.17. The van der Waals surface area contributed by atoms with Crippen LogP contribution in [0.1, 0.15) is 18.9 Å². The van der Waals surface area contributed by atoms with E-state index in [1.807, 2.05) is 0 Å². The predicted octanol–water partition coefficient (Wildman–Crippen LogP) is 0.380. The first-order valence-electron chi connectivity index (χ1n) is 5.23. The van der Waals surface area contributed by atoms with Gasteiger partial charge in [-0.05, 0) is 6.42 Å². The molecule has 0 aliphatic carbocycles. The molecular formula is C10H18N4O. The Bertz CT molecular complexity index is 263. The van der Waals surface area contributed by atoms with Crippen LogP contribution in [0.15, 0.2) is 12.4 Å². The van der Waals surface area contributed by atoms with Crippen LogP contribution in [-0.4, -0.2) is 34.8 Å². The Hall–Kier alpha value is -1.20. The second kappa shape index (κ2) is 7.14. The molecule has 1 rings (SSSR count). The molecule has 0 amide bonds. The lowest BCUT2D eigenvalue weighted by molar-refractivity contribution is 0.292. The number of aliphatic hydroxyl groups is 1. The Morgan fingerprint density at radius 2 is 2.00 bits per heavy atom. The summed E-state index contributed by atoms with van der Waals surface area (Å²) < 4.78 is 0. The summed E-state index contributed by atoms with van der Waals surface area (Å²) in [6.45, 7) is 4.42. The van der Waals surface area contributed by atoms with Crippen LogP contribution in [0.2, 0.25) is 0 Å². The number of hydrogen-bond acceptors (Lipinski definition) is 5. The zero-order chi connectivity index (χ0) is 10.9. The van der Waals surface area contributed by atoms with Crippen molar-refractivity contribution in [1.29, 1.82) is 0 Å². The van der Waals surface area contributed by atoms with Crippen LogP contribution in [0, 0.1) is 0 Å². The number of rotatable bonds is 7. The van der Waals surface area contributed by atoms with Crippen LogP contribution in [-0.2, 0) is 6.54 Å². The van der Waals surface area contributed by atoms with Crippen molar-refractivity contribution in [3.05, 3.63) is 18.0 Å². The van der Waals surface area contributed by atoms with Gasteiger partial charge in [0, 0.05) is 37.6 Å². The van der Waals surface area contributed by atoms with Crippen molar-refractivity contribution < 1.29 is 5.11 Å². The van der Waals surface area contributed by atoms with E-state index in [0.717, 1.165) is 18.5 Å². The highest BCUT2D eigenvalue weighted by molar-refractivity contribution is 5.24. The molecule has 0 saturated carbocycles. The largest absolute Gasteiger partial charge is 0.395 e. The van der Waals surface area contributed by atoms with E-state index in [1.165, 1.54) is 0 Å². The van der Waals surface area contributed by atoms with E-state index < -0.39 is 0 Å². The molecule has 0 aromatic carbocycles. The molecule has 15 heavy (non-hydrogen) atoms. The lowest BCUT2D eigenvalue weighted by atomic mass is 10.3. The van der Waals surface area contributed by atoms with Gasteiger partial charge < -0.3 is 15.7 Å². The first kappa shape index (κ1) is 11.9. The van der Waals surface area contributed by atoms with Gasteiger partial charge in [-0.15, -0.1) is 0 Å². The van der Waals surface area contributed by atoms with Gasteiger partial charge in [0.2, 0.25) is 5.95 Å². The van der Waals surface area contributed by atoms with Gasteiger partial charge in [-0.3, -0.25) is 0 Å². The molecule has 5 nitrogen and oxygen atoms in total. The van der Waals surface area contributed by atoms with E-state index in [9.17, 15) is 0 Å². The van der Waals surface area contributed by atoms with Crippen LogP contribution in [0.25, 0.3) is 0 Å². The van der Waals surface area contributed by atoms with Crippen LogP contribution in [0.3, 0.4) is 0 Å². The summed E-state index contributed by atoms with van der Waals surface area (Å²) in [7, 11) is 0. The van der Waals surface area contributed by atoms with Crippen LogP contribution < -0.4 is 10.6 Å². The molecule has 0 saturated heterocycles. The topological polar surface area (TPSA) is 70.1 Å². The molecule has 0 aliphatic rings. The van der Waals surface area contributed by atoms with E-state index in [2.05, 4.69) is 27.5 Å². The average molecular weight is 210 g/mol. The van der Waals surface area contributed by atoms with Gasteiger partial charge in [0.05, 0.1) is 6.61 Å². The Kier molecular flexibility index (Phi) is 5.65. The maximum absolute atomic E-state index is 8.58. The molecule has 1 aromatic rings. The smallest absolute Gasteiger partial charge is 0.222 e. The van der Waals surface area contributed by atoms with Gasteiger partial charge in [-0.1, -0.05) is 6.92 Å². The molecule has 1 heterocycles. The third-order valence-electron chi connectivity index (χ3n) is 1.86. The molecule has 0 unspecified atom stereocenters. The minimum absolute atomic E-state index is 0.150. The standard InChI is InChI=1S/C10H18N4O/c1-2-3-12-10-13-7-9(8-14-10)6-11-4-5-15/h7-8,11,15H,2-6H2,1H3,(H,12,13,14). The van der Waals surface area contributed by atoms with Gasteiger partial charge in [-0.25, -0.2) is 9.97 Å². The van der Waals surface area contributed by atoms with Crippen LogP contribution in [0.4, 0.5) is 5.95 Å². The zero-order valence-electron chi connectivity index (χ0n) is 9.03. The van der Waals surface area contributed by atoms with Crippen molar-refractivity contribution in [3.63, 3.8) is 0 Å². The van der Waals surface area contributed by atoms with Crippen molar-refractivity contribution in [1.82, 2.24) is 15.3 Å². The van der Waals surface area contributed by atoms with E-state index in [0.29, 0.717) is 19.0 Å². The fourth-order valence-electron chi connectivity index (χ4n) is 1.09. The second-order valence-electron chi connectivity index (χ2n) is 3.24. The van der Waals surface area contributed by atoms with Gasteiger partial charge in [0.25, 0.3) is 0 Å². The fourth-order valence-corrected chi connectivity index (χ4v) is 1.09. The highest BCUT2D eigenvalue weighted by Gasteiger charge is 1.96. The molecule has 3 N–H and O–H groups in total. The fraction of sp³-hybridized carbons (Fsp3) is 0.600. The average Bonchev–Trinajstić information content (AvgIpc) is 2.28. The molecule has 0 spiro atoms. The summed E-state index contributed by atoms with van der Waals surface area (Å²) in [6.07, 6.45) is 4.63. The quantitative estimate of drug-likeness (QED) is 0.568. The van der Waals surface area contributed by atoms with E-state index in [1.54, 1.807) is 12.4 Å². The van der Waals surface area contributed by atoms with Crippen molar-refractivity contribution in [2.24, 2.45) is 0 Å². The molecule has 0 bridgehead atoms. The van der Waals surface area contributed by atoms with Crippen molar-refractivity contribution in [3.8, 4) is 0 Å². The highest BCUT2D eigenvalue weighted by atomic mass is 16.3. The number of aromatic nitrogens is 2. The van der Waals surface area contributed by atoms with Crippen LogP contribution >= 0.6 is 0 Å². The molecular weight excluding hydrogens is 192 g/mol. The Labute approximate surface area is 90.0 Å². The van der Waals surface area contributed by atoms with E-state index in [-0.39, 0.29) is 6.61 Å². The van der Waals surface area contributed by atoms with E-state index in [4.69, 9.17) is 5.11 Å². The molecule has 84 valence electrons. The minimum Gasteiger partial charge on any atom is -0.395 e. The number of hydrogen-bond donors (Lipinski definition) is 3. The Morgan fingerprint density at radius 3 is 2.60 bits per heavy atom. The SMILES string of the molecule is CCCNc1ncc(CNCCO)cn1. The second-order valence-corrected chi connectivity index (χ2v) is 3.24. The maximum Gasteiger partial charge on any atom is 0.222 e. The lowest BCUT2D eigenvalue weighted by Gasteiger charge is -2.04. The molecule has 0 aliphatic heterocycles.